The lowest BCUT2D eigenvalue weighted by molar-refractivity contribution is 0.0327. The van der Waals surface area contributed by atoms with Crippen LogP contribution in [0.1, 0.15) is 0 Å². The lowest BCUT2D eigenvalue weighted by Gasteiger charge is -2.39. The minimum atomic E-state index is -3.34. The van der Waals surface area contributed by atoms with Crippen molar-refractivity contribution in [2.45, 2.75) is 6.04 Å². The second-order valence-corrected chi connectivity index (χ2v) is 7.26. The zero-order valence-electron chi connectivity index (χ0n) is 12.1. The highest BCUT2D eigenvalue weighted by Crippen LogP contribution is 2.35. The summed E-state index contributed by atoms with van der Waals surface area (Å²) in [7, 11) is -3.34. The quantitative estimate of drug-likeness (QED) is 0.815. The summed E-state index contributed by atoms with van der Waals surface area (Å²) in [4.78, 5) is 2.23. The Kier molecular flexibility index (Phi) is 4.05. The van der Waals surface area contributed by atoms with Gasteiger partial charge in [0.2, 0.25) is 10.0 Å². The summed E-state index contributed by atoms with van der Waals surface area (Å²) >= 11 is 0. The van der Waals surface area contributed by atoms with Gasteiger partial charge in [0.1, 0.15) is 12.4 Å². The second-order valence-electron chi connectivity index (χ2n) is 5.40. The predicted molar refractivity (Wildman–Crippen MR) is 80.3 cm³/mol. The first-order valence-corrected chi connectivity index (χ1v) is 8.92. The molecule has 0 aliphatic carbocycles. The molecule has 0 bridgehead atoms. The molecule has 2 aliphatic rings. The van der Waals surface area contributed by atoms with Crippen LogP contribution in [0.25, 0.3) is 0 Å². The molecule has 1 saturated heterocycles. The molecule has 2 aliphatic heterocycles. The highest BCUT2D eigenvalue weighted by Gasteiger charge is 2.34. The zero-order valence-corrected chi connectivity index (χ0v) is 12.9. The summed E-state index contributed by atoms with van der Waals surface area (Å²) < 4.78 is 37.0. The van der Waals surface area contributed by atoms with E-state index in [2.05, 4.69) is 4.90 Å². The minimum Gasteiger partial charge on any atom is -0.489 e. The van der Waals surface area contributed by atoms with Crippen molar-refractivity contribution >= 4 is 15.7 Å². The van der Waals surface area contributed by atoms with Gasteiger partial charge in [-0.1, -0.05) is 12.1 Å². The first-order chi connectivity index (χ1) is 10.1. The van der Waals surface area contributed by atoms with Crippen LogP contribution in [0.3, 0.4) is 0 Å². The fraction of sp³-hybridized carbons (Fsp3) is 0.571. The summed E-state index contributed by atoms with van der Waals surface area (Å²) in [5.41, 5.74) is 0.629. The van der Waals surface area contributed by atoms with Crippen molar-refractivity contribution in [3.8, 4) is 5.75 Å². The van der Waals surface area contributed by atoms with E-state index in [1.165, 1.54) is 10.6 Å². The molecule has 2 heterocycles. The van der Waals surface area contributed by atoms with E-state index in [1.54, 1.807) is 12.1 Å². The molecule has 7 heteroatoms. The summed E-state index contributed by atoms with van der Waals surface area (Å²) in [5.74, 6) is 0.626. The third kappa shape index (κ3) is 3.14. The molecule has 1 fully saturated rings. The summed E-state index contributed by atoms with van der Waals surface area (Å²) in [6.45, 7) is 4.09. The number of nitrogens with zero attached hydrogens (tertiary/aromatic N) is 2. The average Bonchev–Trinajstić information content (AvgIpc) is 2.47. The van der Waals surface area contributed by atoms with Crippen molar-refractivity contribution in [3.05, 3.63) is 24.3 Å². The van der Waals surface area contributed by atoms with Gasteiger partial charge in [0.25, 0.3) is 0 Å². The van der Waals surface area contributed by atoms with Gasteiger partial charge in [-0.05, 0) is 12.1 Å². The van der Waals surface area contributed by atoms with Gasteiger partial charge in [0.15, 0.2) is 0 Å². The third-order valence-corrected chi connectivity index (χ3v) is 5.00. The fourth-order valence-corrected chi connectivity index (χ4v) is 4.05. The smallest absolute Gasteiger partial charge is 0.232 e. The van der Waals surface area contributed by atoms with Crippen LogP contribution in [0, 0.1) is 0 Å². The van der Waals surface area contributed by atoms with Crippen LogP contribution >= 0.6 is 0 Å². The molecule has 21 heavy (non-hydrogen) atoms. The number of anilines is 1. The first-order valence-electron chi connectivity index (χ1n) is 7.07. The molecular weight excluding hydrogens is 292 g/mol. The monoisotopic (exact) mass is 312 g/mol. The number of ether oxygens (including phenoxy) is 2. The van der Waals surface area contributed by atoms with Gasteiger partial charge in [-0.3, -0.25) is 9.21 Å². The molecule has 1 aromatic carbocycles. The molecule has 116 valence electrons. The van der Waals surface area contributed by atoms with Crippen molar-refractivity contribution in [3.63, 3.8) is 0 Å². The molecule has 1 unspecified atom stereocenters. The zero-order chi connectivity index (χ0) is 14.9. The Morgan fingerprint density at radius 2 is 1.95 bits per heavy atom. The first kappa shape index (κ1) is 14.6. The maximum Gasteiger partial charge on any atom is 0.232 e. The second kappa shape index (κ2) is 5.82. The molecule has 0 amide bonds. The molecular formula is C14H20N2O4S. The Balaban J connectivity index is 1.86. The van der Waals surface area contributed by atoms with Crippen molar-refractivity contribution in [2.24, 2.45) is 0 Å². The SMILES string of the molecule is CS(=O)(=O)N1c2ccccc2OCC1CN1CCOCC1. The van der Waals surface area contributed by atoms with E-state index in [0.717, 1.165) is 13.1 Å². The largest absolute Gasteiger partial charge is 0.489 e. The van der Waals surface area contributed by atoms with Gasteiger partial charge < -0.3 is 9.47 Å². The van der Waals surface area contributed by atoms with Gasteiger partial charge in [0.05, 0.1) is 31.2 Å². The maximum atomic E-state index is 12.2. The molecule has 0 spiro atoms. The lowest BCUT2D eigenvalue weighted by atomic mass is 10.2. The number of rotatable bonds is 3. The van der Waals surface area contributed by atoms with Gasteiger partial charge in [-0.15, -0.1) is 0 Å². The van der Waals surface area contributed by atoms with Gasteiger partial charge in [-0.25, -0.2) is 8.42 Å². The maximum absolute atomic E-state index is 12.2. The standard InChI is InChI=1S/C14H20N2O4S/c1-21(17,18)16-12(10-15-6-8-19-9-7-15)11-20-14-5-3-2-4-13(14)16/h2-5,12H,6-11H2,1H3. The number of para-hydroxylation sites is 2. The molecule has 1 atom stereocenters. The normalized spacial score (nSPS) is 23.5. The van der Waals surface area contributed by atoms with Crippen LogP contribution in [-0.4, -0.2) is 65.1 Å². The molecule has 0 N–H and O–H groups in total. The minimum absolute atomic E-state index is 0.201. The van der Waals surface area contributed by atoms with Crippen molar-refractivity contribution in [1.29, 1.82) is 0 Å². The van der Waals surface area contributed by atoms with E-state index >= 15 is 0 Å². The van der Waals surface area contributed by atoms with Crippen molar-refractivity contribution in [1.82, 2.24) is 4.90 Å². The highest BCUT2D eigenvalue weighted by atomic mass is 32.2. The van der Waals surface area contributed by atoms with Crippen LogP contribution in [0.15, 0.2) is 24.3 Å². The van der Waals surface area contributed by atoms with E-state index in [9.17, 15) is 8.42 Å². The number of fused-ring (bicyclic) bond motifs is 1. The van der Waals surface area contributed by atoms with Crippen molar-refractivity contribution < 1.29 is 17.9 Å². The molecule has 0 radical (unpaired) electrons. The van der Waals surface area contributed by atoms with Gasteiger partial charge >= 0.3 is 0 Å². The van der Waals surface area contributed by atoms with Crippen LogP contribution in [0.4, 0.5) is 5.69 Å². The lowest BCUT2D eigenvalue weighted by Crippen LogP contribution is -2.53. The molecule has 6 nitrogen and oxygen atoms in total. The van der Waals surface area contributed by atoms with E-state index in [-0.39, 0.29) is 6.04 Å². The number of hydrogen-bond acceptors (Lipinski definition) is 5. The van der Waals surface area contributed by atoms with Crippen LogP contribution < -0.4 is 9.04 Å². The van der Waals surface area contributed by atoms with E-state index in [0.29, 0.717) is 37.8 Å². The molecule has 0 saturated carbocycles. The Bertz CT molecular complexity index is 599. The topological polar surface area (TPSA) is 59.1 Å². The molecule has 3 rings (SSSR count). The molecule has 1 aromatic rings. The fourth-order valence-electron chi connectivity index (χ4n) is 2.87. The van der Waals surface area contributed by atoms with Crippen LogP contribution in [0.5, 0.6) is 5.75 Å². The van der Waals surface area contributed by atoms with Gasteiger partial charge in [-0.2, -0.15) is 0 Å². The van der Waals surface area contributed by atoms with E-state index in [1.807, 2.05) is 12.1 Å². The van der Waals surface area contributed by atoms with Crippen LogP contribution in [-0.2, 0) is 14.8 Å². The number of sulfonamides is 1. The highest BCUT2D eigenvalue weighted by molar-refractivity contribution is 7.92. The Morgan fingerprint density at radius 1 is 1.24 bits per heavy atom. The summed E-state index contributed by atoms with van der Waals surface area (Å²) in [6, 6.07) is 7.08. The number of benzene rings is 1. The van der Waals surface area contributed by atoms with Crippen molar-refractivity contribution in [2.75, 3.05) is 50.0 Å². The van der Waals surface area contributed by atoms with Crippen LogP contribution in [0.2, 0.25) is 0 Å². The summed E-state index contributed by atoms with van der Waals surface area (Å²) in [5, 5.41) is 0. The Morgan fingerprint density at radius 3 is 2.67 bits per heavy atom. The van der Waals surface area contributed by atoms with Gasteiger partial charge in [0, 0.05) is 19.6 Å². The third-order valence-electron chi connectivity index (χ3n) is 3.80. The van der Waals surface area contributed by atoms with E-state index in [4.69, 9.17) is 9.47 Å². The predicted octanol–water partition coefficient (Wildman–Crippen LogP) is 0.546. The molecule has 0 aromatic heterocycles. The summed E-state index contributed by atoms with van der Waals surface area (Å²) in [6.07, 6.45) is 1.25. The Labute approximate surface area is 125 Å². The number of hydrogen-bond donors (Lipinski definition) is 0. The Hall–Kier alpha value is -1.31. The van der Waals surface area contributed by atoms with E-state index < -0.39 is 10.0 Å². The average molecular weight is 312 g/mol. The number of morpholine rings is 1.